The van der Waals surface area contributed by atoms with Crippen LogP contribution in [0.3, 0.4) is 0 Å². The summed E-state index contributed by atoms with van der Waals surface area (Å²) >= 11 is 0. The van der Waals surface area contributed by atoms with Gasteiger partial charge in [0.2, 0.25) is 0 Å². The average molecular weight is 503 g/mol. The molecule has 6 rings (SSSR count). The number of imidazole rings is 1. The lowest BCUT2D eigenvalue weighted by Crippen LogP contribution is -2.24. The molecule has 0 spiro atoms. The Balaban J connectivity index is 1.29. The zero-order valence-electron chi connectivity index (χ0n) is 20.0. The van der Waals surface area contributed by atoms with Crippen molar-refractivity contribution in [3.8, 4) is 11.1 Å². The summed E-state index contributed by atoms with van der Waals surface area (Å²) in [5, 5.41) is 0. The van der Waals surface area contributed by atoms with E-state index in [0.29, 0.717) is 53.4 Å². The highest BCUT2D eigenvalue weighted by molar-refractivity contribution is 5.91. The lowest BCUT2D eigenvalue weighted by Gasteiger charge is -2.16. The van der Waals surface area contributed by atoms with Gasteiger partial charge in [0.05, 0.1) is 12.1 Å². The summed E-state index contributed by atoms with van der Waals surface area (Å²) in [7, 11) is 0. The smallest absolute Gasteiger partial charge is 0.261 e. The van der Waals surface area contributed by atoms with E-state index >= 15 is 4.39 Å². The molecule has 3 aromatic heterocycles. The number of hydrogen-bond acceptors (Lipinski definition) is 5. The monoisotopic (exact) mass is 502 g/mol. The second-order valence-electron chi connectivity index (χ2n) is 9.64. The van der Waals surface area contributed by atoms with Crippen LogP contribution in [0.2, 0.25) is 0 Å². The molecule has 0 amide bonds. The number of benzene rings is 1. The molecule has 0 radical (unpaired) electrons. The highest BCUT2D eigenvalue weighted by Gasteiger charge is 2.37. The second-order valence-corrected chi connectivity index (χ2v) is 9.64. The molecule has 1 saturated heterocycles. The predicted octanol–water partition coefficient (Wildman–Crippen LogP) is 5.52. The maximum absolute atomic E-state index is 15.0. The predicted molar refractivity (Wildman–Crippen MR) is 137 cm³/mol. The normalized spacial score (nSPS) is 17.1. The van der Waals surface area contributed by atoms with E-state index in [4.69, 9.17) is 5.73 Å². The number of alkyl halides is 2. The first kappa shape index (κ1) is 23.4. The minimum Gasteiger partial charge on any atom is -0.398 e. The number of hydrogen-bond donors (Lipinski definition) is 2. The van der Waals surface area contributed by atoms with Crippen molar-refractivity contribution >= 4 is 22.4 Å². The summed E-state index contributed by atoms with van der Waals surface area (Å²) in [6, 6.07) is 6.76. The minimum atomic E-state index is -2.67. The zero-order valence-corrected chi connectivity index (χ0v) is 20.0. The van der Waals surface area contributed by atoms with E-state index in [1.165, 1.54) is 6.07 Å². The van der Waals surface area contributed by atoms with E-state index in [1.807, 2.05) is 6.07 Å². The quantitative estimate of drug-likeness (QED) is 0.340. The van der Waals surface area contributed by atoms with Gasteiger partial charge in [0.1, 0.15) is 11.6 Å². The Hall–Kier alpha value is -3.98. The molecule has 6 nitrogen and oxygen atoms in total. The van der Waals surface area contributed by atoms with Gasteiger partial charge in [-0.25, -0.2) is 23.1 Å². The highest BCUT2D eigenvalue weighted by atomic mass is 19.3. The Morgan fingerprint density at radius 2 is 2.03 bits per heavy atom. The first-order chi connectivity index (χ1) is 17.8. The van der Waals surface area contributed by atoms with Crippen molar-refractivity contribution in [2.75, 3.05) is 18.8 Å². The van der Waals surface area contributed by atoms with E-state index in [1.54, 1.807) is 35.6 Å². The average Bonchev–Trinajstić information content (AvgIpc) is 3.60. The maximum atomic E-state index is 15.0. The van der Waals surface area contributed by atoms with Gasteiger partial charge >= 0.3 is 0 Å². The fraction of sp³-hybridized carbons (Fsp3) is 0.250. The molecule has 1 aliphatic heterocycles. The number of rotatable bonds is 6. The maximum Gasteiger partial charge on any atom is 0.261 e. The fourth-order valence-corrected chi connectivity index (χ4v) is 5.05. The van der Waals surface area contributed by atoms with Crippen LogP contribution in [-0.4, -0.2) is 43.8 Å². The van der Waals surface area contributed by atoms with Gasteiger partial charge in [-0.05, 0) is 47.4 Å². The Morgan fingerprint density at radius 3 is 2.81 bits per heavy atom. The zero-order chi connectivity index (χ0) is 25.6. The van der Waals surface area contributed by atoms with E-state index in [-0.39, 0.29) is 13.0 Å². The summed E-state index contributed by atoms with van der Waals surface area (Å²) in [4.78, 5) is 18.3. The second kappa shape index (κ2) is 9.15. The summed E-state index contributed by atoms with van der Waals surface area (Å²) in [6.07, 6.45) is 12.4. The van der Waals surface area contributed by atoms with Crippen LogP contribution in [0, 0.1) is 5.82 Å². The van der Waals surface area contributed by atoms with Crippen molar-refractivity contribution < 1.29 is 13.2 Å². The van der Waals surface area contributed by atoms with Crippen LogP contribution in [0.25, 0.3) is 27.9 Å². The van der Waals surface area contributed by atoms with Crippen LogP contribution in [0.4, 0.5) is 18.9 Å². The molecule has 2 aliphatic rings. The number of pyridine rings is 2. The molecule has 4 aromatic rings. The Kier molecular flexibility index (Phi) is 5.79. The Morgan fingerprint density at radius 1 is 1.14 bits per heavy atom. The van der Waals surface area contributed by atoms with Gasteiger partial charge in [-0.2, -0.15) is 0 Å². The van der Waals surface area contributed by atoms with Crippen molar-refractivity contribution in [2.24, 2.45) is 0 Å². The highest BCUT2D eigenvalue weighted by Crippen LogP contribution is 2.32. The van der Waals surface area contributed by atoms with Crippen LogP contribution in [-0.2, 0) is 13.0 Å². The number of nitrogens with two attached hydrogens (primary N) is 1. The molecule has 0 saturated carbocycles. The van der Waals surface area contributed by atoms with Crippen molar-refractivity contribution in [2.45, 2.75) is 31.7 Å². The van der Waals surface area contributed by atoms with Crippen molar-refractivity contribution in [3.63, 3.8) is 0 Å². The van der Waals surface area contributed by atoms with Crippen molar-refractivity contribution in [1.82, 2.24) is 24.8 Å². The van der Waals surface area contributed by atoms with Crippen molar-refractivity contribution in [3.05, 3.63) is 89.4 Å². The van der Waals surface area contributed by atoms with Gasteiger partial charge in [-0.1, -0.05) is 18.2 Å². The third-order valence-electron chi connectivity index (χ3n) is 6.87. The third-order valence-corrected chi connectivity index (χ3v) is 6.87. The molecule has 37 heavy (non-hydrogen) atoms. The number of nitrogen functional groups attached to an aromatic ring is 1. The first-order valence-electron chi connectivity index (χ1n) is 12.2. The molecule has 3 N–H and O–H groups in total. The topological polar surface area (TPSA) is 83.7 Å². The van der Waals surface area contributed by atoms with Gasteiger partial charge in [-0.15, -0.1) is 0 Å². The van der Waals surface area contributed by atoms with E-state index in [0.717, 1.165) is 28.6 Å². The van der Waals surface area contributed by atoms with Crippen LogP contribution >= 0.6 is 0 Å². The van der Waals surface area contributed by atoms with Crippen LogP contribution < -0.4 is 5.73 Å². The molecular weight excluding hydrogens is 477 g/mol. The lowest BCUT2D eigenvalue weighted by atomic mass is 9.99. The molecular formula is C28H25F3N6. The molecule has 188 valence electrons. The summed E-state index contributed by atoms with van der Waals surface area (Å²) in [6.45, 7) is 0.373. The minimum absolute atomic E-state index is 0.150. The number of likely N-dealkylation sites (tertiary alicyclic amines) is 1. The Labute approximate surface area is 211 Å². The molecule has 0 unspecified atom stereocenters. The number of nitrogens with zero attached hydrogens (tertiary/aromatic N) is 4. The summed E-state index contributed by atoms with van der Waals surface area (Å²) < 4.78 is 42.2. The molecule has 0 bridgehead atoms. The van der Waals surface area contributed by atoms with Gasteiger partial charge in [-0.3, -0.25) is 9.88 Å². The number of fused-ring (bicyclic) bond motifs is 1. The summed E-state index contributed by atoms with van der Waals surface area (Å²) in [5.74, 6) is -2.47. The lowest BCUT2D eigenvalue weighted by molar-refractivity contribution is 0.0115. The number of allylic oxidation sites excluding steroid dienone is 4. The van der Waals surface area contributed by atoms with E-state index in [9.17, 15) is 8.78 Å². The van der Waals surface area contributed by atoms with Gasteiger partial charge < -0.3 is 10.7 Å². The SMILES string of the molecule is Nc1cc(F)c(-c2cncc(CN3CCC(F)(F)C3)c2)cc1Cc1nc2nccc(C3=CCC=C3)c2[nH]1. The first-order valence-corrected chi connectivity index (χ1v) is 12.2. The van der Waals surface area contributed by atoms with Gasteiger partial charge in [0.25, 0.3) is 5.92 Å². The number of aromatic nitrogens is 4. The molecule has 1 fully saturated rings. The molecule has 9 heteroatoms. The van der Waals surface area contributed by atoms with Gasteiger partial charge in [0.15, 0.2) is 5.65 Å². The van der Waals surface area contributed by atoms with Crippen LogP contribution in [0.15, 0.2) is 61.1 Å². The number of H-pyrrole nitrogens is 1. The fourth-order valence-electron chi connectivity index (χ4n) is 5.05. The van der Waals surface area contributed by atoms with Crippen LogP contribution in [0.5, 0.6) is 0 Å². The van der Waals surface area contributed by atoms with Gasteiger partial charge in [0, 0.05) is 66.9 Å². The van der Waals surface area contributed by atoms with E-state index in [2.05, 4.69) is 38.2 Å². The molecule has 1 aromatic carbocycles. The Bertz CT molecular complexity index is 1560. The number of aromatic amines is 1. The molecule has 1 aliphatic carbocycles. The number of halogens is 3. The number of anilines is 1. The summed E-state index contributed by atoms with van der Waals surface area (Å²) in [5.41, 5.74) is 12.5. The van der Waals surface area contributed by atoms with Crippen molar-refractivity contribution in [1.29, 1.82) is 0 Å². The van der Waals surface area contributed by atoms with Crippen LogP contribution in [0.1, 0.15) is 35.4 Å². The largest absolute Gasteiger partial charge is 0.398 e. The number of nitrogens with one attached hydrogen (secondary N) is 1. The molecule has 4 heterocycles. The molecule has 0 atom stereocenters. The standard InChI is InChI=1S/C28H25F3N6/c29-23-12-24(32)19(11-25-35-26-21(18-3-1-2-4-18)5-7-34-27(26)36-25)10-22(23)20-9-17(13-33-14-20)15-37-8-6-28(30,31)16-37/h1,3-5,7,9-10,12-14H,2,6,8,11,15-16,32H2,(H,34,35,36). The third kappa shape index (κ3) is 4.74. The van der Waals surface area contributed by atoms with E-state index < -0.39 is 11.7 Å².